The molecule has 2 saturated heterocycles. The van der Waals surface area contributed by atoms with Crippen molar-refractivity contribution in [2.45, 2.75) is 167 Å². The summed E-state index contributed by atoms with van der Waals surface area (Å²) in [6.45, 7) is 24.2. The number of aliphatic hydroxyl groups is 1. The molecule has 2 fully saturated rings. The Morgan fingerprint density at radius 1 is 0.969 bits per heavy atom. The standard InChI is InChI=1S/C52H73N7O5Si/c1-34(2)65(36(4)52(9,10)37(65)5)63-33-39-21-23-40(30-45(39)62-29-28-60)59-48(31-46(56-59)51(6,7)8)53-49(61)20-15-17-38-22-25-44(43-19-12-11-18-42(38)43)64-41-24-26-47-54-55-50(58(47)32-41)57-27-14-13-16-35(57)3/h11-12,18-19,21,23-24,26,30-32,34-38,44,60H,13-17,20,22,25,27-29,33H2,1-10H3,(H,53,61). The van der Waals surface area contributed by atoms with Gasteiger partial charge in [-0.1, -0.05) is 92.6 Å². The highest BCUT2D eigenvalue weighted by molar-refractivity contribution is 6.81. The van der Waals surface area contributed by atoms with Gasteiger partial charge in [0.25, 0.3) is 0 Å². The predicted molar refractivity (Wildman–Crippen MR) is 261 cm³/mol. The lowest BCUT2D eigenvalue weighted by Gasteiger charge is -2.64. The maximum atomic E-state index is 13.8. The van der Waals surface area contributed by atoms with Gasteiger partial charge in [-0.2, -0.15) is 5.10 Å². The van der Waals surface area contributed by atoms with Crippen LogP contribution in [0.15, 0.2) is 66.9 Å². The monoisotopic (exact) mass is 904 g/mol. The highest BCUT2D eigenvalue weighted by Crippen LogP contribution is 2.68. The number of hydrogen-bond acceptors (Lipinski definition) is 9. The first kappa shape index (κ1) is 46.8. The smallest absolute Gasteiger partial charge is 0.232 e. The third-order valence-electron chi connectivity index (χ3n) is 15.6. The number of ether oxygens (including phenoxy) is 2. The van der Waals surface area contributed by atoms with Crippen LogP contribution < -0.4 is 19.7 Å². The first-order valence-electron chi connectivity index (χ1n) is 24.3. The number of rotatable bonds is 16. The number of nitrogens with one attached hydrogen (secondary N) is 1. The summed E-state index contributed by atoms with van der Waals surface area (Å²) < 4.78 is 23.8. The van der Waals surface area contributed by atoms with Gasteiger partial charge in [0.2, 0.25) is 20.2 Å². The topological polar surface area (TPSA) is 128 Å². The average molecular weight is 904 g/mol. The van der Waals surface area contributed by atoms with E-state index in [4.69, 9.17) is 19.0 Å². The van der Waals surface area contributed by atoms with Crippen molar-refractivity contribution in [3.8, 4) is 17.2 Å². The van der Waals surface area contributed by atoms with Crippen LogP contribution in [-0.4, -0.2) is 69.5 Å². The Morgan fingerprint density at radius 2 is 1.74 bits per heavy atom. The molecule has 2 aliphatic heterocycles. The number of aromatic nitrogens is 5. The largest absolute Gasteiger partial charge is 0.491 e. The van der Waals surface area contributed by atoms with Crippen LogP contribution in [0.4, 0.5) is 11.8 Å². The molecule has 0 bridgehead atoms. The molecule has 8 rings (SSSR count). The van der Waals surface area contributed by atoms with Gasteiger partial charge in [0.05, 0.1) is 30.8 Å². The van der Waals surface area contributed by atoms with E-state index in [0.29, 0.717) is 53.2 Å². The fourth-order valence-electron chi connectivity index (χ4n) is 11.2. The second kappa shape index (κ2) is 18.9. The van der Waals surface area contributed by atoms with Crippen molar-refractivity contribution in [3.63, 3.8) is 0 Å². The van der Waals surface area contributed by atoms with Crippen LogP contribution in [-0.2, 0) is 21.2 Å². The number of nitrogens with zero attached hydrogens (tertiary/aromatic N) is 6. The second-order valence-corrected chi connectivity index (χ2v) is 26.0. The Hall–Kier alpha value is -4.72. The summed E-state index contributed by atoms with van der Waals surface area (Å²) in [6, 6.07) is 21.1. The van der Waals surface area contributed by atoms with E-state index >= 15 is 0 Å². The van der Waals surface area contributed by atoms with Gasteiger partial charge in [-0.15, -0.1) is 10.2 Å². The van der Waals surface area contributed by atoms with Gasteiger partial charge in [0.15, 0.2) is 5.65 Å². The van der Waals surface area contributed by atoms with Crippen molar-refractivity contribution in [1.82, 2.24) is 24.4 Å². The molecule has 0 radical (unpaired) electrons. The maximum Gasteiger partial charge on any atom is 0.232 e. The molecule has 2 N–H and O–H groups in total. The molecule has 12 nitrogen and oxygen atoms in total. The SMILES string of the molecule is CC1CCCCN1c1nnc2ccc(OC3CCC(CCCC(=O)Nc4cc(C(C)(C)C)nn4-c4ccc(CO[Si]5(C(C)C)C(C)C(C)(C)C5C)c(OCCO)c4)c4ccccc43)cn12. The number of anilines is 2. The van der Waals surface area contributed by atoms with Crippen LogP contribution in [0.25, 0.3) is 11.3 Å². The van der Waals surface area contributed by atoms with Gasteiger partial charge in [0, 0.05) is 42.1 Å². The summed E-state index contributed by atoms with van der Waals surface area (Å²) in [7, 11) is -2.07. The lowest BCUT2D eigenvalue weighted by molar-refractivity contribution is -0.116. The minimum absolute atomic E-state index is 0.0445. The second-order valence-electron chi connectivity index (χ2n) is 21.1. The summed E-state index contributed by atoms with van der Waals surface area (Å²) in [4.78, 5) is 16.2. The van der Waals surface area contributed by atoms with Crippen LogP contribution >= 0.6 is 0 Å². The normalized spacial score (nSPS) is 24.2. The molecule has 5 heterocycles. The molecule has 0 saturated carbocycles. The van der Waals surface area contributed by atoms with E-state index in [0.717, 1.165) is 72.9 Å². The van der Waals surface area contributed by atoms with Gasteiger partial charge in [-0.3, -0.25) is 9.20 Å². The third-order valence-corrected chi connectivity index (χ3v) is 22.2. The highest BCUT2D eigenvalue weighted by Gasteiger charge is 2.67. The molecule has 13 heteroatoms. The van der Waals surface area contributed by atoms with Crippen LogP contribution in [0.1, 0.15) is 155 Å². The summed E-state index contributed by atoms with van der Waals surface area (Å²) in [5.41, 5.74) is 7.46. The van der Waals surface area contributed by atoms with Crippen molar-refractivity contribution in [1.29, 1.82) is 0 Å². The number of carbonyl (C=O) groups is 1. The van der Waals surface area contributed by atoms with Gasteiger partial charge < -0.3 is 29.2 Å². The maximum absolute atomic E-state index is 13.8. The number of fused-ring (bicyclic) bond motifs is 2. The zero-order valence-corrected chi connectivity index (χ0v) is 41.6. The van der Waals surface area contributed by atoms with Crippen LogP contribution in [0.5, 0.6) is 11.5 Å². The van der Waals surface area contributed by atoms with Crippen molar-refractivity contribution >= 4 is 31.6 Å². The quantitative estimate of drug-likeness (QED) is 0.0930. The molecular formula is C52H73N7O5Si. The van der Waals surface area contributed by atoms with E-state index in [1.54, 1.807) is 0 Å². The minimum Gasteiger partial charge on any atom is -0.491 e. The number of piperidine rings is 1. The van der Waals surface area contributed by atoms with Gasteiger partial charge in [-0.05, 0) is 109 Å². The molecule has 0 spiro atoms. The van der Waals surface area contributed by atoms with Crippen molar-refractivity contribution in [2.75, 3.05) is 30.0 Å². The molecule has 2 aromatic carbocycles. The molecule has 1 amide bonds. The Bertz CT molecular complexity index is 2440. The molecular weight excluding hydrogens is 831 g/mol. The lowest BCUT2D eigenvalue weighted by Crippen LogP contribution is -2.66. The fourth-order valence-corrected chi connectivity index (χ4v) is 17.8. The van der Waals surface area contributed by atoms with E-state index in [-0.39, 0.29) is 36.1 Å². The molecule has 3 aromatic heterocycles. The molecule has 5 unspecified atom stereocenters. The van der Waals surface area contributed by atoms with Gasteiger partial charge in [0.1, 0.15) is 30.0 Å². The first-order chi connectivity index (χ1) is 31.0. The summed E-state index contributed by atoms with van der Waals surface area (Å²) in [6.07, 6.45) is 9.48. The van der Waals surface area contributed by atoms with E-state index in [9.17, 15) is 9.90 Å². The number of hydrogen-bond donors (Lipinski definition) is 2. The zero-order valence-electron chi connectivity index (χ0n) is 40.6. The average Bonchev–Trinajstić information content (AvgIpc) is 3.91. The fraction of sp³-hybridized carbons (Fsp3) is 0.577. The summed E-state index contributed by atoms with van der Waals surface area (Å²) in [5, 5.41) is 27.1. The molecule has 5 aromatic rings. The van der Waals surface area contributed by atoms with Crippen LogP contribution in [0, 0.1) is 5.41 Å². The van der Waals surface area contributed by atoms with E-state index in [1.165, 1.54) is 24.0 Å². The molecule has 65 heavy (non-hydrogen) atoms. The van der Waals surface area contributed by atoms with E-state index < -0.39 is 8.32 Å². The van der Waals surface area contributed by atoms with Crippen molar-refractivity contribution < 1.29 is 23.8 Å². The lowest BCUT2D eigenvalue weighted by atomic mass is 9.79. The predicted octanol–water partition coefficient (Wildman–Crippen LogP) is 11.5. The van der Waals surface area contributed by atoms with Crippen molar-refractivity contribution in [2.24, 2.45) is 5.41 Å². The minimum atomic E-state index is -2.07. The number of benzene rings is 2. The Morgan fingerprint density at radius 3 is 2.46 bits per heavy atom. The molecule has 3 aliphatic rings. The number of amides is 1. The summed E-state index contributed by atoms with van der Waals surface area (Å²) in [5.74, 6) is 3.26. The molecule has 350 valence electrons. The number of pyridine rings is 1. The summed E-state index contributed by atoms with van der Waals surface area (Å²) >= 11 is 0. The van der Waals surface area contributed by atoms with E-state index in [2.05, 4.69) is 118 Å². The van der Waals surface area contributed by atoms with Crippen LogP contribution in [0.2, 0.25) is 16.6 Å². The molecule has 1 aliphatic carbocycles. The molecule has 5 atom stereocenters. The first-order valence-corrected chi connectivity index (χ1v) is 26.4. The Labute approximate surface area is 387 Å². The van der Waals surface area contributed by atoms with Crippen LogP contribution in [0.3, 0.4) is 0 Å². The highest BCUT2D eigenvalue weighted by atomic mass is 28.4. The van der Waals surface area contributed by atoms with Crippen molar-refractivity contribution in [3.05, 3.63) is 89.2 Å². The number of aliphatic hydroxyl groups excluding tert-OH is 1. The Balaban J connectivity index is 0.935. The Kier molecular flexibility index (Phi) is 13.6. The van der Waals surface area contributed by atoms with Gasteiger partial charge >= 0.3 is 0 Å². The number of carbonyl (C=O) groups excluding carboxylic acids is 1. The van der Waals surface area contributed by atoms with Gasteiger partial charge in [-0.25, -0.2) is 4.68 Å². The third kappa shape index (κ3) is 9.21. The zero-order chi connectivity index (χ0) is 46.3. The van der Waals surface area contributed by atoms with E-state index in [1.807, 2.05) is 47.3 Å².